The fraction of sp³-hybridized carbons (Fsp3) is 0.385. The summed E-state index contributed by atoms with van der Waals surface area (Å²) in [6.07, 6.45) is 5.93. The molecular formula is C26H36Br2Cl2N4O2. The third kappa shape index (κ3) is 9.47. The molecule has 0 spiro atoms. The number of rotatable bonds is 6. The van der Waals surface area contributed by atoms with Crippen molar-refractivity contribution in [2.75, 3.05) is 36.9 Å². The van der Waals surface area contributed by atoms with E-state index in [0.717, 1.165) is 71.0 Å². The third-order valence-electron chi connectivity index (χ3n) is 5.60. The number of hydrogen-bond acceptors (Lipinski definition) is 4. The van der Waals surface area contributed by atoms with Crippen LogP contribution in [-0.2, 0) is 0 Å². The van der Waals surface area contributed by atoms with Gasteiger partial charge in [0.25, 0.3) is 0 Å². The SMILES string of the molecule is C=C[C@H](C)Nc1cc(Br)cc2c1[NH2+]CCCO2.C=C[C@H](C)Nc1cc(Br)cc2c1[NH2+]CCCO2.[Cl-].[Cl-]. The van der Waals surface area contributed by atoms with Crippen LogP contribution in [0.4, 0.5) is 22.7 Å². The molecule has 0 aliphatic carbocycles. The molecule has 0 saturated carbocycles. The van der Waals surface area contributed by atoms with E-state index in [4.69, 9.17) is 9.47 Å². The van der Waals surface area contributed by atoms with Crippen molar-refractivity contribution in [3.05, 3.63) is 58.5 Å². The number of halogens is 4. The van der Waals surface area contributed by atoms with Crippen molar-refractivity contribution in [3.8, 4) is 11.5 Å². The Morgan fingerprint density at radius 2 is 1.17 bits per heavy atom. The van der Waals surface area contributed by atoms with Crippen LogP contribution in [0.1, 0.15) is 26.7 Å². The number of quaternary nitrogens is 2. The van der Waals surface area contributed by atoms with Crippen LogP contribution in [0.15, 0.2) is 58.5 Å². The Balaban J connectivity index is 0.000000341. The summed E-state index contributed by atoms with van der Waals surface area (Å²) in [7, 11) is 0. The molecule has 2 aliphatic rings. The molecule has 0 saturated heterocycles. The molecule has 2 aliphatic heterocycles. The van der Waals surface area contributed by atoms with Crippen LogP contribution in [-0.4, -0.2) is 38.4 Å². The van der Waals surface area contributed by atoms with Gasteiger partial charge in [-0.05, 0) is 26.0 Å². The van der Waals surface area contributed by atoms with Crippen LogP contribution >= 0.6 is 31.9 Å². The minimum Gasteiger partial charge on any atom is -1.00 e. The van der Waals surface area contributed by atoms with Crippen LogP contribution in [0.5, 0.6) is 11.5 Å². The van der Waals surface area contributed by atoms with E-state index in [1.54, 1.807) is 0 Å². The van der Waals surface area contributed by atoms with E-state index >= 15 is 0 Å². The molecule has 200 valence electrons. The summed E-state index contributed by atoms with van der Waals surface area (Å²) in [6, 6.07) is 8.71. The van der Waals surface area contributed by atoms with Crippen molar-refractivity contribution < 1.29 is 44.9 Å². The minimum absolute atomic E-state index is 0. The maximum Gasteiger partial charge on any atom is 0.195 e. The lowest BCUT2D eigenvalue weighted by atomic mass is 10.2. The second-order valence-electron chi connectivity index (χ2n) is 8.46. The van der Waals surface area contributed by atoms with E-state index in [0.29, 0.717) is 0 Å². The first kappa shape index (κ1) is 32.6. The molecule has 2 heterocycles. The van der Waals surface area contributed by atoms with E-state index in [-0.39, 0.29) is 36.9 Å². The lowest BCUT2D eigenvalue weighted by molar-refractivity contribution is -0.569. The lowest BCUT2D eigenvalue weighted by Crippen LogP contribution is -3.00. The molecule has 6 nitrogen and oxygen atoms in total. The van der Waals surface area contributed by atoms with Crippen LogP contribution in [0, 0.1) is 0 Å². The van der Waals surface area contributed by atoms with Crippen LogP contribution in [0.25, 0.3) is 0 Å². The zero-order valence-corrected chi connectivity index (χ0v) is 25.4. The largest absolute Gasteiger partial charge is 1.00 e. The highest BCUT2D eigenvalue weighted by atomic mass is 79.9. The van der Waals surface area contributed by atoms with Gasteiger partial charge in [-0.3, -0.25) is 0 Å². The van der Waals surface area contributed by atoms with Crippen molar-refractivity contribution in [1.82, 2.24) is 0 Å². The highest BCUT2D eigenvalue weighted by molar-refractivity contribution is 9.10. The summed E-state index contributed by atoms with van der Waals surface area (Å²) in [5.41, 5.74) is 4.53. The molecule has 36 heavy (non-hydrogen) atoms. The Bertz CT molecular complexity index is 931. The number of benzene rings is 2. The average Bonchev–Trinajstić information content (AvgIpc) is 3.19. The van der Waals surface area contributed by atoms with Gasteiger partial charge < -0.3 is 55.6 Å². The van der Waals surface area contributed by atoms with Gasteiger partial charge in [0, 0.05) is 46.0 Å². The molecule has 2 atom stereocenters. The van der Waals surface area contributed by atoms with Crippen LogP contribution < -0.4 is 55.6 Å². The van der Waals surface area contributed by atoms with Crippen LogP contribution in [0.2, 0.25) is 0 Å². The molecule has 4 rings (SSSR count). The number of ether oxygens (including phenoxy) is 2. The normalized spacial score (nSPS) is 15.4. The summed E-state index contributed by atoms with van der Waals surface area (Å²) < 4.78 is 13.6. The smallest absolute Gasteiger partial charge is 0.195 e. The summed E-state index contributed by atoms with van der Waals surface area (Å²) >= 11 is 7.04. The zero-order valence-electron chi connectivity index (χ0n) is 20.8. The number of anilines is 2. The second kappa shape index (κ2) is 16.4. The number of nitrogens with two attached hydrogens (primary N) is 2. The second-order valence-corrected chi connectivity index (χ2v) is 10.3. The summed E-state index contributed by atoms with van der Waals surface area (Å²) in [4.78, 5) is 0. The highest BCUT2D eigenvalue weighted by Crippen LogP contribution is 2.35. The Kier molecular flexibility index (Phi) is 14.9. The summed E-state index contributed by atoms with van der Waals surface area (Å²) in [5.74, 6) is 1.91. The molecule has 0 bridgehead atoms. The average molecular weight is 667 g/mol. The van der Waals surface area contributed by atoms with Gasteiger partial charge in [0.2, 0.25) is 0 Å². The topological polar surface area (TPSA) is 75.7 Å². The monoisotopic (exact) mass is 664 g/mol. The molecule has 0 fully saturated rings. The Morgan fingerprint density at radius 1 is 0.778 bits per heavy atom. The fourth-order valence-corrected chi connectivity index (χ4v) is 4.59. The Labute approximate surface area is 244 Å². The number of fused-ring (bicyclic) bond motifs is 2. The molecule has 0 aromatic heterocycles. The first-order chi connectivity index (χ1) is 16.4. The first-order valence-electron chi connectivity index (χ1n) is 11.8. The van der Waals surface area contributed by atoms with Gasteiger partial charge in [0.15, 0.2) is 22.9 Å². The van der Waals surface area contributed by atoms with Gasteiger partial charge >= 0.3 is 0 Å². The molecule has 2 aromatic carbocycles. The number of hydrogen-bond donors (Lipinski definition) is 4. The first-order valence-corrected chi connectivity index (χ1v) is 13.4. The van der Waals surface area contributed by atoms with Gasteiger partial charge in [-0.15, -0.1) is 13.2 Å². The van der Waals surface area contributed by atoms with Crippen molar-refractivity contribution in [2.24, 2.45) is 0 Å². The van der Waals surface area contributed by atoms with E-state index < -0.39 is 0 Å². The van der Waals surface area contributed by atoms with Crippen molar-refractivity contribution in [1.29, 1.82) is 0 Å². The molecular weight excluding hydrogens is 631 g/mol. The third-order valence-corrected chi connectivity index (χ3v) is 6.51. The predicted octanol–water partition coefficient (Wildman–Crippen LogP) is -1.17. The standard InChI is InChI=1S/2C13H17BrN2O.2ClH/c2*1-3-9(2)16-11-7-10(14)8-12-13(11)15-5-4-6-17-12;;/h2*3,7-9,15-16H,1,4-6H2,2H3;2*1H/t2*9-;;/m00../s1. The molecule has 0 unspecified atom stereocenters. The molecule has 10 heteroatoms. The molecule has 6 N–H and O–H groups in total. The zero-order chi connectivity index (χ0) is 24.5. The van der Waals surface area contributed by atoms with E-state index in [9.17, 15) is 0 Å². The summed E-state index contributed by atoms with van der Waals surface area (Å²) in [6.45, 7) is 15.4. The van der Waals surface area contributed by atoms with Crippen molar-refractivity contribution in [2.45, 2.75) is 38.8 Å². The molecule has 2 aromatic rings. The highest BCUT2D eigenvalue weighted by Gasteiger charge is 2.20. The molecule has 0 radical (unpaired) electrons. The Hall–Kier alpha value is -1.42. The fourth-order valence-electron chi connectivity index (χ4n) is 3.72. The van der Waals surface area contributed by atoms with E-state index in [1.165, 1.54) is 11.4 Å². The van der Waals surface area contributed by atoms with Gasteiger partial charge in [-0.1, -0.05) is 44.0 Å². The van der Waals surface area contributed by atoms with Gasteiger partial charge in [-0.2, -0.15) is 0 Å². The van der Waals surface area contributed by atoms with Crippen molar-refractivity contribution in [3.63, 3.8) is 0 Å². The van der Waals surface area contributed by atoms with Gasteiger partial charge in [-0.25, -0.2) is 0 Å². The quantitative estimate of drug-likeness (QED) is 0.232. The van der Waals surface area contributed by atoms with E-state index in [1.807, 2.05) is 24.3 Å². The van der Waals surface area contributed by atoms with Crippen molar-refractivity contribution >= 4 is 54.6 Å². The summed E-state index contributed by atoms with van der Waals surface area (Å²) in [5, 5.41) is 11.3. The van der Waals surface area contributed by atoms with Crippen LogP contribution in [0.3, 0.4) is 0 Å². The predicted molar refractivity (Wildman–Crippen MR) is 148 cm³/mol. The van der Waals surface area contributed by atoms with Gasteiger partial charge in [0.1, 0.15) is 11.4 Å². The maximum absolute atomic E-state index is 5.76. The minimum atomic E-state index is 0. The lowest BCUT2D eigenvalue weighted by Gasteiger charge is -2.15. The molecule has 0 amide bonds. The Morgan fingerprint density at radius 3 is 1.53 bits per heavy atom. The van der Waals surface area contributed by atoms with Gasteiger partial charge in [0.05, 0.1) is 26.3 Å². The van der Waals surface area contributed by atoms with E-state index in [2.05, 4.69) is 92.3 Å². The maximum atomic E-state index is 5.76. The number of nitrogens with one attached hydrogen (secondary N) is 2.